The fraction of sp³-hybridized carbons (Fsp3) is 0.133. The first kappa shape index (κ1) is 13.1. The molecular weight excluding hydrogens is 272 g/mol. The molecule has 0 radical (unpaired) electrons. The lowest BCUT2D eigenvalue weighted by Crippen LogP contribution is -2.18. The van der Waals surface area contributed by atoms with Gasteiger partial charge < -0.3 is 9.15 Å². The largest absolute Gasteiger partial charge is 0.460 e. The van der Waals surface area contributed by atoms with E-state index in [1.807, 2.05) is 0 Å². The first-order valence-corrected chi connectivity index (χ1v) is 6.43. The maximum Gasteiger partial charge on any atom is 0.376 e. The second kappa shape index (κ2) is 5.24. The number of hydrogen-bond acceptors (Lipinski definition) is 5. The Morgan fingerprint density at radius 1 is 1.38 bits per heavy atom. The molecule has 2 heterocycles. The minimum absolute atomic E-state index is 0.102. The lowest BCUT2D eigenvalue weighted by atomic mass is 10.2. The van der Waals surface area contributed by atoms with Crippen molar-refractivity contribution < 1.29 is 13.9 Å². The molecule has 0 aliphatic rings. The molecule has 0 fully saturated rings. The molecular formula is C15H12N2O4. The molecule has 21 heavy (non-hydrogen) atoms. The standard InChI is InChI=1S/C15H12N2O4/c1-2-20-15(19)14-12(17-8-7-16-9-17)13(18)10-5-3-4-6-11(10)21-14/h3-9H,2H2,1H3. The van der Waals surface area contributed by atoms with Crippen molar-refractivity contribution in [3.05, 3.63) is 59.0 Å². The fourth-order valence-corrected chi connectivity index (χ4v) is 2.09. The highest BCUT2D eigenvalue weighted by Crippen LogP contribution is 2.19. The number of carbonyl (C=O) groups excluding carboxylic acids is 1. The van der Waals surface area contributed by atoms with Crippen molar-refractivity contribution in [1.82, 2.24) is 9.55 Å². The molecule has 1 aromatic carbocycles. The highest BCUT2D eigenvalue weighted by Gasteiger charge is 2.22. The molecule has 0 aliphatic carbocycles. The number of benzene rings is 1. The van der Waals surface area contributed by atoms with E-state index < -0.39 is 5.97 Å². The smallest absolute Gasteiger partial charge is 0.376 e. The number of ether oxygens (including phenoxy) is 1. The maximum atomic E-state index is 12.6. The van der Waals surface area contributed by atoms with Gasteiger partial charge in [0.15, 0.2) is 0 Å². The minimum Gasteiger partial charge on any atom is -0.460 e. The zero-order chi connectivity index (χ0) is 14.8. The number of hydrogen-bond donors (Lipinski definition) is 0. The molecule has 6 nitrogen and oxygen atoms in total. The predicted octanol–water partition coefficient (Wildman–Crippen LogP) is 2.16. The number of para-hydroxylation sites is 1. The first-order valence-electron chi connectivity index (χ1n) is 6.43. The Balaban J connectivity index is 2.36. The van der Waals surface area contributed by atoms with Gasteiger partial charge in [0.1, 0.15) is 11.3 Å². The van der Waals surface area contributed by atoms with Crippen LogP contribution in [0.1, 0.15) is 17.5 Å². The van der Waals surface area contributed by atoms with Gasteiger partial charge in [-0.3, -0.25) is 9.36 Å². The van der Waals surface area contributed by atoms with Crippen molar-refractivity contribution in [2.75, 3.05) is 6.61 Å². The van der Waals surface area contributed by atoms with Crippen LogP contribution in [0.5, 0.6) is 0 Å². The monoisotopic (exact) mass is 284 g/mol. The van der Waals surface area contributed by atoms with Gasteiger partial charge in [0.2, 0.25) is 11.2 Å². The van der Waals surface area contributed by atoms with Gasteiger partial charge in [-0.15, -0.1) is 0 Å². The summed E-state index contributed by atoms with van der Waals surface area (Å²) in [7, 11) is 0. The van der Waals surface area contributed by atoms with E-state index >= 15 is 0 Å². The third-order valence-electron chi connectivity index (χ3n) is 3.00. The second-order valence-corrected chi connectivity index (χ2v) is 4.30. The van der Waals surface area contributed by atoms with E-state index in [4.69, 9.17) is 9.15 Å². The summed E-state index contributed by atoms with van der Waals surface area (Å²) in [6.45, 7) is 1.88. The molecule has 0 amide bonds. The van der Waals surface area contributed by atoms with Crippen LogP contribution in [0.3, 0.4) is 0 Å². The lowest BCUT2D eigenvalue weighted by Gasteiger charge is -2.09. The molecule has 2 aromatic heterocycles. The number of imidazole rings is 1. The summed E-state index contributed by atoms with van der Waals surface area (Å²) in [4.78, 5) is 28.6. The van der Waals surface area contributed by atoms with Gasteiger partial charge >= 0.3 is 5.97 Å². The van der Waals surface area contributed by atoms with E-state index in [0.717, 1.165) is 0 Å². The van der Waals surface area contributed by atoms with Crippen molar-refractivity contribution >= 4 is 16.9 Å². The van der Waals surface area contributed by atoms with Gasteiger partial charge in [-0.2, -0.15) is 0 Å². The lowest BCUT2D eigenvalue weighted by molar-refractivity contribution is 0.0490. The summed E-state index contributed by atoms with van der Waals surface area (Å²) in [5, 5.41) is 0.397. The van der Waals surface area contributed by atoms with Crippen molar-refractivity contribution in [2.45, 2.75) is 6.92 Å². The Labute approximate surface area is 119 Å². The zero-order valence-electron chi connectivity index (χ0n) is 11.3. The third-order valence-corrected chi connectivity index (χ3v) is 3.00. The minimum atomic E-state index is -0.677. The second-order valence-electron chi connectivity index (χ2n) is 4.30. The van der Waals surface area contributed by atoms with Crippen LogP contribution in [0, 0.1) is 0 Å². The van der Waals surface area contributed by atoms with E-state index in [1.165, 1.54) is 17.1 Å². The molecule has 0 bridgehead atoms. The average molecular weight is 284 g/mol. The number of rotatable bonds is 3. The topological polar surface area (TPSA) is 74.3 Å². The molecule has 0 N–H and O–H groups in total. The quantitative estimate of drug-likeness (QED) is 0.689. The summed E-state index contributed by atoms with van der Waals surface area (Å²) >= 11 is 0. The van der Waals surface area contributed by atoms with E-state index in [0.29, 0.717) is 11.0 Å². The fourth-order valence-electron chi connectivity index (χ4n) is 2.09. The summed E-state index contributed by atoms with van der Waals surface area (Å²) in [5.41, 5.74) is 0.136. The summed E-state index contributed by atoms with van der Waals surface area (Å²) < 4.78 is 12.0. The van der Waals surface area contributed by atoms with E-state index in [-0.39, 0.29) is 23.5 Å². The van der Waals surface area contributed by atoms with Crippen LogP contribution >= 0.6 is 0 Å². The molecule has 0 unspecified atom stereocenters. The number of nitrogens with zero attached hydrogens (tertiary/aromatic N) is 2. The Morgan fingerprint density at radius 3 is 2.90 bits per heavy atom. The molecule has 6 heteroatoms. The van der Waals surface area contributed by atoms with Gasteiger partial charge in [0, 0.05) is 12.4 Å². The van der Waals surface area contributed by atoms with Gasteiger partial charge in [-0.05, 0) is 19.1 Å². The van der Waals surface area contributed by atoms with E-state index in [9.17, 15) is 9.59 Å². The highest BCUT2D eigenvalue weighted by atomic mass is 16.5. The Morgan fingerprint density at radius 2 is 2.19 bits per heavy atom. The molecule has 0 spiro atoms. The van der Waals surface area contributed by atoms with Crippen LogP contribution in [0.25, 0.3) is 16.7 Å². The number of aromatic nitrogens is 2. The molecule has 0 atom stereocenters. The zero-order valence-corrected chi connectivity index (χ0v) is 11.3. The van der Waals surface area contributed by atoms with Crippen LogP contribution in [-0.2, 0) is 4.74 Å². The maximum absolute atomic E-state index is 12.6. The molecule has 0 saturated heterocycles. The Bertz CT molecular complexity index is 850. The highest BCUT2D eigenvalue weighted by molar-refractivity contribution is 5.93. The van der Waals surface area contributed by atoms with E-state index in [1.54, 1.807) is 37.4 Å². The van der Waals surface area contributed by atoms with Crippen molar-refractivity contribution in [1.29, 1.82) is 0 Å². The SMILES string of the molecule is CCOC(=O)c1oc2ccccc2c(=O)c1-n1ccnc1. The summed E-state index contributed by atoms with van der Waals surface area (Å²) in [6, 6.07) is 6.76. The Hall–Kier alpha value is -2.89. The van der Waals surface area contributed by atoms with Crippen molar-refractivity contribution in [2.24, 2.45) is 0 Å². The summed E-state index contributed by atoms with van der Waals surface area (Å²) in [5.74, 6) is -0.803. The van der Waals surface area contributed by atoms with Gasteiger partial charge in [0.05, 0.1) is 18.3 Å². The van der Waals surface area contributed by atoms with Crippen LogP contribution in [0.15, 0.2) is 52.2 Å². The van der Waals surface area contributed by atoms with Crippen LogP contribution in [0.2, 0.25) is 0 Å². The van der Waals surface area contributed by atoms with Crippen LogP contribution in [0.4, 0.5) is 0 Å². The Kier molecular flexibility index (Phi) is 3.27. The number of carbonyl (C=O) groups is 1. The molecule has 0 saturated carbocycles. The number of fused-ring (bicyclic) bond motifs is 1. The average Bonchev–Trinajstić information content (AvgIpc) is 3.01. The van der Waals surface area contributed by atoms with Crippen LogP contribution in [-0.4, -0.2) is 22.1 Å². The van der Waals surface area contributed by atoms with Gasteiger partial charge in [0.25, 0.3) is 0 Å². The number of esters is 1. The van der Waals surface area contributed by atoms with Gasteiger partial charge in [-0.1, -0.05) is 12.1 Å². The molecule has 0 aliphatic heterocycles. The summed E-state index contributed by atoms with van der Waals surface area (Å²) in [6.07, 6.45) is 4.52. The molecule has 3 rings (SSSR count). The third kappa shape index (κ3) is 2.20. The first-order chi connectivity index (χ1) is 10.2. The van der Waals surface area contributed by atoms with Crippen molar-refractivity contribution in [3.8, 4) is 5.69 Å². The normalized spacial score (nSPS) is 10.7. The molecule has 3 aromatic rings. The molecule has 106 valence electrons. The van der Waals surface area contributed by atoms with Crippen molar-refractivity contribution in [3.63, 3.8) is 0 Å². The van der Waals surface area contributed by atoms with Gasteiger partial charge in [-0.25, -0.2) is 9.78 Å². The van der Waals surface area contributed by atoms with Crippen LogP contribution < -0.4 is 5.43 Å². The van der Waals surface area contributed by atoms with E-state index in [2.05, 4.69) is 4.98 Å². The predicted molar refractivity (Wildman–Crippen MR) is 75.6 cm³/mol.